The van der Waals surface area contributed by atoms with Gasteiger partial charge < -0.3 is 25.4 Å². The first kappa shape index (κ1) is 24.6. The van der Waals surface area contributed by atoms with E-state index in [2.05, 4.69) is 46.0 Å². The molecular formula is C20H26N4O5S. The van der Waals surface area contributed by atoms with Crippen LogP contribution in [-0.2, 0) is 4.79 Å². The number of ether oxygens (including phenoxy) is 1. The number of carboxylic acid groups (broad SMARTS) is 1. The summed E-state index contributed by atoms with van der Waals surface area (Å²) in [6, 6.07) is 13.1. The van der Waals surface area contributed by atoms with Crippen LogP contribution in [0.15, 0.2) is 42.5 Å². The lowest BCUT2D eigenvalue weighted by Crippen LogP contribution is -2.46. The maximum Gasteiger partial charge on any atom is 0.290 e. The van der Waals surface area contributed by atoms with Crippen LogP contribution in [0.1, 0.15) is 5.56 Å². The Balaban J connectivity index is 0.000000672. The van der Waals surface area contributed by atoms with E-state index in [1.54, 1.807) is 19.2 Å². The van der Waals surface area contributed by atoms with Crippen molar-refractivity contribution in [3.8, 4) is 5.75 Å². The largest absolute Gasteiger partial charge is 0.496 e. The van der Waals surface area contributed by atoms with E-state index in [0.717, 1.165) is 48.7 Å². The molecule has 1 saturated heterocycles. The van der Waals surface area contributed by atoms with Crippen LogP contribution in [0.2, 0.25) is 0 Å². The fourth-order valence-electron chi connectivity index (χ4n) is 3.01. The molecule has 1 fully saturated rings. The minimum absolute atomic E-state index is 0.129. The number of nitro groups is 1. The molecule has 30 heavy (non-hydrogen) atoms. The smallest absolute Gasteiger partial charge is 0.290 e. The lowest BCUT2D eigenvalue weighted by Gasteiger charge is -2.37. The van der Waals surface area contributed by atoms with Crippen molar-refractivity contribution < 1.29 is 19.6 Å². The summed E-state index contributed by atoms with van der Waals surface area (Å²) in [4.78, 5) is 23.3. The molecule has 0 saturated carbocycles. The van der Waals surface area contributed by atoms with E-state index in [9.17, 15) is 10.1 Å². The molecule has 2 aromatic carbocycles. The number of piperazine rings is 1. The van der Waals surface area contributed by atoms with Crippen molar-refractivity contribution in [3.05, 3.63) is 58.1 Å². The number of nitro benzene ring substituents is 1. The zero-order chi connectivity index (χ0) is 22.5. The van der Waals surface area contributed by atoms with Crippen LogP contribution < -0.4 is 20.3 Å². The third-order valence-corrected chi connectivity index (χ3v) is 4.46. The average molecular weight is 435 g/mol. The van der Waals surface area contributed by atoms with Gasteiger partial charge in [0.05, 0.1) is 17.5 Å². The van der Waals surface area contributed by atoms with E-state index < -0.39 is 0 Å². The monoisotopic (exact) mass is 434 g/mol. The second kappa shape index (κ2) is 12.9. The zero-order valence-corrected chi connectivity index (χ0v) is 17.7. The van der Waals surface area contributed by atoms with Crippen molar-refractivity contribution >= 4 is 41.2 Å². The Bertz CT molecular complexity index is 818. The highest BCUT2D eigenvalue weighted by molar-refractivity contribution is 7.78. The van der Waals surface area contributed by atoms with E-state index in [1.165, 1.54) is 5.69 Å². The predicted molar refractivity (Wildman–Crippen MR) is 122 cm³/mol. The van der Waals surface area contributed by atoms with E-state index in [4.69, 9.17) is 14.6 Å². The number of hydrogen-bond acceptors (Lipinski definition) is 7. The number of hydrogen-bond donors (Lipinski definition) is 2. The molecule has 0 bridgehead atoms. The minimum atomic E-state index is -0.369. The Hall–Kier alpha value is -3.40. The molecule has 1 aliphatic heterocycles. The molecule has 1 heterocycles. The van der Waals surface area contributed by atoms with Gasteiger partial charge in [0.25, 0.3) is 12.2 Å². The Labute approximate surface area is 180 Å². The van der Waals surface area contributed by atoms with Crippen LogP contribution in [0.25, 0.3) is 0 Å². The number of nitrogens with two attached hydrogens (primary N) is 1. The van der Waals surface area contributed by atoms with Crippen molar-refractivity contribution in [2.24, 2.45) is 5.73 Å². The van der Waals surface area contributed by atoms with Gasteiger partial charge in [0.1, 0.15) is 5.75 Å². The predicted octanol–water partition coefficient (Wildman–Crippen LogP) is 2.84. The van der Waals surface area contributed by atoms with Gasteiger partial charge in [-0.3, -0.25) is 14.9 Å². The number of aryl methyl sites for hydroxylation is 1. The molecule has 0 atom stereocenters. The lowest BCUT2D eigenvalue weighted by atomic mass is 10.1. The van der Waals surface area contributed by atoms with Crippen molar-refractivity contribution in [1.82, 2.24) is 0 Å². The van der Waals surface area contributed by atoms with Gasteiger partial charge in [0, 0.05) is 55.8 Å². The van der Waals surface area contributed by atoms with E-state index in [0.29, 0.717) is 0 Å². The van der Waals surface area contributed by atoms with Gasteiger partial charge >= 0.3 is 0 Å². The summed E-state index contributed by atoms with van der Waals surface area (Å²) in [5, 5.41) is 17.6. The third-order valence-electron chi connectivity index (χ3n) is 4.46. The van der Waals surface area contributed by atoms with Gasteiger partial charge in [-0.2, -0.15) is 0 Å². The summed E-state index contributed by atoms with van der Waals surface area (Å²) in [5.41, 5.74) is 9.08. The second-order valence-electron chi connectivity index (χ2n) is 6.14. The van der Waals surface area contributed by atoms with E-state index in [1.807, 2.05) is 19.1 Å². The maximum absolute atomic E-state index is 10.7. The molecular weight excluding hydrogens is 408 g/mol. The molecule has 2 aromatic rings. The summed E-state index contributed by atoms with van der Waals surface area (Å²) in [5.74, 6) is 0.908. The molecule has 0 amide bonds. The number of methoxy groups -OCH3 is 1. The molecule has 0 unspecified atom stereocenters. The molecule has 162 valence electrons. The first-order chi connectivity index (χ1) is 14.4. The van der Waals surface area contributed by atoms with Crippen molar-refractivity contribution in [2.75, 3.05) is 43.1 Å². The maximum atomic E-state index is 10.7. The normalized spacial score (nSPS) is 12.5. The first-order valence-corrected chi connectivity index (χ1v) is 9.51. The van der Waals surface area contributed by atoms with Crippen molar-refractivity contribution in [3.63, 3.8) is 0 Å². The van der Waals surface area contributed by atoms with Crippen LogP contribution in [0, 0.1) is 17.0 Å². The molecule has 3 rings (SSSR count). The van der Waals surface area contributed by atoms with Gasteiger partial charge in [-0.05, 0) is 30.7 Å². The number of non-ortho nitro benzene ring substituents is 1. The fourth-order valence-corrected chi connectivity index (χ4v) is 3.01. The van der Waals surface area contributed by atoms with Gasteiger partial charge in [0.15, 0.2) is 0 Å². The number of nitrogens with zero attached hydrogens (tertiary/aromatic N) is 3. The number of carbonyl (C=O) groups is 1. The van der Waals surface area contributed by atoms with Crippen LogP contribution in [0.4, 0.5) is 17.1 Å². The molecule has 1 aliphatic rings. The van der Waals surface area contributed by atoms with E-state index >= 15 is 0 Å². The molecule has 0 aliphatic carbocycles. The highest BCUT2D eigenvalue weighted by Gasteiger charge is 2.19. The number of rotatable bonds is 4. The Kier molecular flexibility index (Phi) is 10.6. The summed E-state index contributed by atoms with van der Waals surface area (Å²) >= 11 is 4.05. The van der Waals surface area contributed by atoms with Crippen LogP contribution in [0.3, 0.4) is 0 Å². The van der Waals surface area contributed by atoms with Gasteiger partial charge in [0.2, 0.25) is 0 Å². The minimum Gasteiger partial charge on any atom is -0.496 e. The second-order valence-corrected chi connectivity index (χ2v) is 6.42. The SMILES string of the molecule is COc1cc(N2CCN(c3ccc([N+](=O)[O-])cc3)CC2)ccc1C.NC=S.O=CO. The van der Waals surface area contributed by atoms with Crippen LogP contribution in [0.5, 0.6) is 5.75 Å². The van der Waals surface area contributed by atoms with Gasteiger partial charge in [-0.15, -0.1) is 0 Å². The Morgan fingerprint density at radius 1 is 1.10 bits per heavy atom. The van der Waals surface area contributed by atoms with E-state index in [-0.39, 0.29) is 17.1 Å². The standard InChI is InChI=1S/C18H21N3O3.CH3NS.CH2O2/c1-14-3-4-17(13-18(14)24-2)20-11-9-19(10-12-20)15-5-7-16(8-6-15)21(22)23;2*2-1-3/h3-8,13H,9-12H2,1-2H3;1H,(H2,2,3);1H,(H,2,3). The first-order valence-electron chi connectivity index (χ1n) is 9.04. The quantitative estimate of drug-likeness (QED) is 0.324. The lowest BCUT2D eigenvalue weighted by molar-refractivity contribution is -0.384. The zero-order valence-electron chi connectivity index (χ0n) is 16.9. The molecule has 0 spiro atoms. The summed E-state index contributed by atoms with van der Waals surface area (Å²) in [7, 11) is 1.69. The van der Waals surface area contributed by atoms with Crippen LogP contribution in [-0.4, -0.2) is 55.3 Å². The highest BCUT2D eigenvalue weighted by atomic mass is 32.1. The summed E-state index contributed by atoms with van der Waals surface area (Å²) in [6.45, 7) is 5.36. The third kappa shape index (κ3) is 7.21. The van der Waals surface area contributed by atoms with Gasteiger partial charge in [-0.25, -0.2) is 0 Å². The fraction of sp³-hybridized carbons (Fsp3) is 0.300. The number of thiocarbonyl (C=S) groups is 1. The topological polar surface area (TPSA) is 122 Å². The van der Waals surface area contributed by atoms with Gasteiger partial charge in [-0.1, -0.05) is 18.3 Å². The molecule has 3 N–H and O–H groups in total. The van der Waals surface area contributed by atoms with Crippen molar-refractivity contribution in [1.29, 1.82) is 0 Å². The Morgan fingerprint density at radius 2 is 1.53 bits per heavy atom. The number of anilines is 2. The molecule has 0 aromatic heterocycles. The molecule has 10 heteroatoms. The summed E-state index contributed by atoms with van der Waals surface area (Å²) < 4.78 is 5.41. The summed E-state index contributed by atoms with van der Waals surface area (Å²) in [6.07, 6.45) is 0. The number of benzene rings is 2. The molecule has 9 nitrogen and oxygen atoms in total. The Morgan fingerprint density at radius 3 is 1.97 bits per heavy atom. The average Bonchev–Trinajstić information content (AvgIpc) is 2.75. The highest BCUT2D eigenvalue weighted by Crippen LogP contribution is 2.27. The van der Waals surface area contributed by atoms with Crippen LogP contribution >= 0.6 is 12.2 Å². The molecule has 0 radical (unpaired) electrons. The van der Waals surface area contributed by atoms with Crippen molar-refractivity contribution in [2.45, 2.75) is 6.92 Å².